The molecule has 2 aromatic rings. The van der Waals surface area contributed by atoms with Crippen LogP contribution in [0, 0.1) is 0 Å². The monoisotopic (exact) mass is 289 g/mol. The van der Waals surface area contributed by atoms with Gasteiger partial charge in [0.2, 0.25) is 0 Å². The van der Waals surface area contributed by atoms with Gasteiger partial charge in [-0.15, -0.1) is 11.3 Å². The first-order chi connectivity index (χ1) is 9.50. The van der Waals surface area contributed by atoms with E-state index >= 15 is 0 Å². The van der Waals surface area contributed by atoms with Crippen LogP contribution in [0.1, 0.15) is 37.4 Å². The molecule has 2 nitrogen and oxygen atoms in total. The molecule has 0 saturated heterocycles. The SMILES string of the molecule is CCOc1ccccc1NCc1ccc(C(C)(C)C)s1. The van der Waals surface area contributed by atoms with E-state index in [-0.39, 0.29) is 5.41 Å². The molecule has 0 fully saturated rings. The van der Waals surface area contributed by atoms with E-state index in [0.29, 0.717) is 6.61 Å². The molecule has 0 aliphatic carbocycles. The zero-order valence-corrected chi connectivity index (χ0v) is 13.5. The van der Waals surface area contributed by atoms with Gasteiger partial charge in [-0.3, -0.25) is 0 Å². The third-order valence-electron chi connectivity index (χ3n) is 3.04. The summed E-state index contributed by atoms with van der Waals surface area (Å²) < 4.78 is 5.63. The molecule has 0 aliphatic heterocycles. The van der Waals surface area contributed by atoms with Crippen LogP contribution in [0.25, 0.3) is 0 Å². The van der Waals surface area contributed by atoms with E-state index in [2.05, 4.69) is 44.3 Å². The Balaban J connectivity index is 2.04. The van der Waals surface area contributed by atoms with Crippen LogP contribution in [0.5, 0.6) is 5.75 Å². The molecule has 1 heterocycles. The van der Waals surface area contributed by atoms with Gasteiger partial charge in [0.15, 0.2) is 0 Å². The van der Waals surface area contributed by atoms with Gasteiger partial charge in [0.25, 0.3) is 0 Å². The van der Waals surface area contributed by atoms with Crippen LogP contribution < -0.4 is 10.1 Å². The van der Waals surface area contributed by atoms with Crippen molar-refractivity contribution in [2.45, 2.75) is 39.7 Å². The van der Waals surface area contributed by atoms with Crippen molar-refractivity contribution in [2.24, 2.45) is 0 Å². The largest absolute Gasteiger partial charge is 0.492 e. The Labute approximate surface area is 125 Å². The highest BCUT2D eigenvalue weighted by Crippen LogP contribution is 2.30. The highest BCUT2D eigenvalue weighted by atomic mass is 32.1. The third kappa shape index (κ3) is 3.76. The summed E-state index contributed by atoms with van der Waals surface area (Å²) in [6, 6.07) is 12.5. The predicted molar refractivity (Wildman–Crippen MR) is 88.0 cm³/mol. The predicted octanol–water partition coefficient (Wildman–Crippen LogP) is 5.06. The van der Waals surface area contributed by atoms with Gasteiger partial charge in [0.1, 0.15) is 5.75 Å². The molecule has 2 rings (SSSR count). The molecule has 1 aromatic carbocycles. The Hall–Kier alpha value is -1.48. The first kappa shape index (κ1) is 14.9. The normalized spacial score (nSPS) is 11.4. The molecule has 0 bridgehead atoms. The van der Waals surface area contributed by atoms with Crippen molar-refractivity contribution >= 4 is 17.0 Å². The number of anilines is 1. The summed E-state index contributed by atoms with van der Waals surface area (Å²) in [6.45, 7) is 10.3. The molecule has 0 unspecified atom stereocenters. The van der Waals surface area contributed by atoms with E-state index in [1.807, 2.05) is 36.5 Å². The van der Waals surface area contributed by atoms with Crippen molar-refractivity contribution < 1.29 is 4.74 Å². The minimum atomic E-state index is 0.228. The van der Waals surface area contributed by atoms with E-state index in [1.54, 1.807) is 0 Å². The Morgan fingerprint density at radius 2 is 1.85 bits per heavy atom. The van der Waals surface area contributed by atoms with E-state index < -0.39 is 0 Å². The van der Waals surface area contributed by atoms with Gasteiger partial charge in [0.05, 0.1) is 12.3 Å². The maximum absolute atomic E-state index is 5.63. The number of nitrogens with one attached hydrogen (secondary N) is 1. The van der Waals surface area contributed by atoms with Crippen molar-refractivity contribution in [3.63, 3.8) is 0 Å². The molecule has 0 radical (unpaired) electrons. The molecule has 0 aliphatic rings. The molecule has 3 heteroatoms. The summed E-state index contributed by atoms with van der Waals surface area (Å²) >= 11 is 1.87. The fourth-order valence-corrected chi connectivity index (χ4v) is 2.96. The maximum atomic E-state index is 5.63. The van der Waals surface area contributed by atoms with Crippen molar-refractivity contribution in [3.05, 3.63) is 46.2 Å². The first-order valence-corrected chi connectivity index (χ1v) is 7.87. The average Bonchev–Trinajstić information content (AvgIpc) is 2.87. The second kappa shape index (κ2) is 6.31. The second-order valence-corrected chi connectivity index (χ2v) is 6.97. The van der Waals surface area contributed by atoms with E-state index in [1.165, 1.54) is 9.75 Å². The van der Waals surface area contributed by atoms with Crippen molar-refractivity contribution in [1.82, 2.24) is 0 Å². The van der Waals surface area contributed by atoms with Gasteiger partial charge >= 0.3 is 0 Å². The summed E-state index contributed by atoms with van der Waals surface area (Å²) in [5.41, 5.74) is 1.28. The minimum absolute atomic E-state index is 0.228. The Kier molecular flexibility index (Phi) is 4.71. The molecule has 108 valence electrons. The van der Waals surface area contributed by atoms with Gasteiger partial charge in [-0.2, -0.15) is 0 Å². The minimum Gasteiger partial charge on any atom is -0.492 e. The van der Waals surface area contributed by atoms with Crippen LogP contribution in [-0.2, 0) is 12.0 Å². The molecule has 0 amide bonds. The van der Waals surface area contributed by atoms with Crippen LogP contribution in [0.3, 0.4) is 0 Å². The maximum Gasteiger partial charge on any atom is 0.142 e. The van der Waals surface area contributed by atoms with Crippen LogP contribution in [0.2, 0.25) is 0 Å². The van der Waals surface area contributed by atoms with Gasteiger partial charge in [-0.1, -0.05) is 32.9 Å². The smallest absolute Gasteiger partial charge is 0.142 e. The number of benzene rings is 1. The zero-order chi connectivity index (χ0) is 14.6. The number of ether oxygens (including phenoxy) is 1. The standard InChI is InChI=1S/C17H23NOS/c1-5-19-15-9-7-6-8-14(15)18-12-13-10-11-16(20-13)17(2,3)4/h6-11,18H,5,12H2,1-4H3. The summed E-state index contributed by atoms with van der Waals surface area (Å²) in [5, 5.41) is 3.46. The molecule has 20 heavy (non-hydrogen) atoms. The summed E-state index contributed by atoms with van der Waals surface area (Å²) in [6.07, 6.45) is 0. The number of hydrogen-bond acceptors (Lipinski definition) is 3. The van der Waals surface area contributed by atoms with E-state index in [9.17, 15) is 0 Å². The number of rotatable bonds is 5. The molecule has 0 atom stereocenters. The number of hydrogen-bond donors (Lipinski definition) is 1. The lowest BCUT2D eigenvalue weighted by molar-refractivity contribution is 0.341. The van der Waals surface area contributed by atoms with Gasteiger partial charge in [-0.05, 0) is 36.6 Å². The third-order valence-corrected chi connectivity index (χ3v) is 4.55. The van der Waals surface area contributed by atoms with E-state index in [4.69, 9.17) is 4.74 Å². The average molecular weight is 289 g/mol. The van der Waals surface area contributed by atoms with Crippen LogP contribution in [-0.4, -0.2) is 6.61 Å². The summed E-state index contributed by atoms with van der Waals surface area (Å²) in [7, 11) is 0. The van der Waals surface area contributed by atoms with Crippen molar-refractivity contribution in [3.8, 4) is 5.75 Å². The lowest BCUT2D eigenvalue weighted by Crippen LogP contribution is -2.07. The van der Waals surface area contributed by atoms with Crippen molar-refractivity contribution in [1.29, 1.82) is 0 Å². The Bertz CT molecular complexity index is 554. The van der Waals surface area contributed by atoms with Crippen molar-refractivity contribution in [2.75, 3.05) is 11.9 Å². The van der Waals surface area contributed by atoms with Gasteiger partial charge in [0, 0.05) is 16.3 Å². The molecule has 1 N–H and O–H groups in total. The fraction of sp³-hybridized carbons (Fsp3) is 0.412. The topological polar surface area (TPSA) is 21.3 Å². The van der Waals surface area contributed by atoms with Gasteiger partial charge in [-0.25, -0.2) is 0 Å². The lowest BCUT2D eigenvalue weighted by Gasteiger charge is -2.15. The first-order valence-electron chi connectivity index (χ1n) is 7.05. The quantitative estimate of drug-likeness (QED) is 0.831. The molecule has 0 saturated carbocycles. The summed E-state index contributed by atoms with van der Waals surface area (Å²) in [4.78, 5) is 2.77. The number of thiophene rings is 1. The zero-order valence-electron chi connectivity index (χ0n) is 12.7. The van der Waals surface area contributed by atoms with Crippen LogP contribution in [0.4, 0.5) is 5.69 Å². The Morgan fingerprint density at radius 1 is 1.10 bits per heavy atom. The molecule has 0 spiro atoms. The molecular weight excluding hydrogens is 266 g/mol. The number of para-hydroxylation sites is 2. The Morgan fingerprint density at radius 3 is 2.50 bits per heavy atom. The van der Waals surface area contributed by atoms with Gasteiger partial charge < -0.3 is 10.1 Å². The lowest BCUT2D eigenvalue weighted by atomic mass is 9.95. The van der Waals surface area contributed by atoms with Crippen LogP contribution in [0.15, 0.2) is 36.4 Å². The summed E-state index contributed by atoms with van der Waals surface area (Å²) in [5.74, 6) is 0.919. The fourth-order valence-electron chi connectivity index (χ4n) is 1.95. The second-order valence-electron chi connectivity index (χ2n) is 5.80. The molecular formula is C17H23NOS. The highest BCUT2D eigenvalue weighted by Gasteiger charge is 2.15. The highest BCUT2D eigenvalue weighted by molar-refractivity contribution is 7.12. The van der Waals surface area contributed by atoms with Crippen LogP contribution >= 0.6 is 11.3 Å². The van der Waals surface area contributed by atoms with E-state index in [0.717, 1.165) is 18.0 Å². The molecule has 1 aromatic heterocycles.